The molecule has 2 atom stereocenters. The molecule has 0 spiro atoms. The number of rotatable bonds is 6. The van der Waals surface area contributed by atoms with Crippen LogP contribution in [0.2, 0.25) is 0 Å². The monoisotopic (exact) mass is 492 g/mol. The second-order valence-corrected chi connectivity index (χ2v) is 10.1. The molecular weight excluding hydrogens is 460 g/mol. The van der Waals surface area contributed by atoms with Crippen molar-refractivity contribution >= 4 is 34.8 Å². The van der Waals surface area contributed by atoms with Crippen LogP contribution in [0.15, 0.2) is 24.4 Å². The number of imidazole rings is 1. The predicted molar refractivity (Wildman–Crippen MR) is 137 cm³/mol. The van der Waals surface area contributed by atoms with Gasteiger partial charge in [0, 0.05) is 20.2 Å². The van der Waals surface area contributed by atoms with Crippen LogP contribution in [0.1, 0.15) is 62.5 Å². The highest BCUT2D eigenvalue weighted by molar-refractivity contribution is 5.95. The summed E-state index contributed by atoms with van der Waals surface area (Å²) in [4.78, 5) is 23.5. The molecule has 0 bridgehead atoms. The molecule has 0 amide bonds. The number of pyridine rings is 1. The number of esters is 1. The maximum Gasteiger partial charge on any atom is 0.342 e. The molecule has 3 heterocycles. The molecule has 0 saturated heterocycles. The Morgan fingerprint density at radius 1 is 1.25 bits per heavy atom. The molecule has 3 aromatic heterocycles. The first-order chi connectivity index (χ1) is 17.1. The number of hydrogen-bond acceptors (Lipinski definition) is 10. The zero-order valence-electron chi connectivity index (χ0n) is 21.2. The van der Waals surface area contributed by atoms with Crippen LogP contribution in [0.25, 0.3) is 5.65 Å². The molecule has 0 unspecified atom stereocenters. The number of nitrogens with one attached hydrogen (secondary N) is 2. The lowest BCUT2D eigenvalue weighted by molar-refractivity contribution is 0.00700. The van der Waals surface area contributed by atoms with Gasteiger partial charge in [-0.1, -0.05) is 12.8 Å². The number of ether oxygens (including phenoxy) is 1. The van der Waals surface area contributed by atoms with Crippen molar-refractivity contribution in [2.24, 2.45) is 0 Å². The van der Waals surface area contributed by atoms with Crippen LogP contribution in [0.3, 0.4) is 0 Å². The number of aromatic nitrogens is 4. The Labute approximate surface area is 210 Å². The van der Waals surface area contributed by atoms with Gasteiger partial charge in [0.1, 0.15) is 34.7 Å². The fourth-order valence-corrected chi connectivity index (χ4v) is 4.17. The quantitative estimate of drug-likeness (QED) is 0.438. The molecule has 11 heteroatoms. The summed E-state index contributed by atoms with van der Waals surface area (Å²) in [6.45, 7) is 5.45. The minimum Gasteiger partial charge on any atom is -0.456 e. The smallest absolute Gasteiger partial charge is 0.342 e. The molecule has 3 aromatic rings. The lowest BCUT2D eigenvalue weighted by atomic mass is 9.92. The molecular formula is C25H32N8O3. The van der Waals surface area contributed by atoms with Gasteiger partial charge in [0.25, 0.3) is 0 Å². The Bertz CT molecular complexity index is 1310. The standard InChI is InChI=1S/C25H32N8O3/c1-25(2,3)36-24(35)16-10-11-20(30-22(16)32(4)5)29-18-12-21(28-17-8-6-7-9-19(17)34)31-33-15(13-26)14-27-23(18)33/h10-12,14,17,19,34H,6-9H2,1-5H3,(H,28,31)(H,29,30)/t17-,19-/m1/s1. The number of carbonyl (C=O) groups is 1. The fraction of sp³-hybridized carbons (Fsp3) is 0.480. The second kappa shape index (κ2) is 9.99. The Kier molecular flexibility index (Phi) is 6.99. The summed E-state index contributed by atoms with van der Waals surface area (Å²) in [5.41, 5.74) is 1.02. The van der Waals surface area contributed by atoms with E-state index in [-0.39, 0.29) is 11.7 Å². The van der Waals surface area contributed by atoms with Crippen molar-refractivity contribution in [3.8, 4) is 6.07 Å². The van der Waals surface area contributed by atoms with Gasteiger partial charge >= 0.3 is 5.97 Å². The average molecular weight is 493 g/mol. The Morgan fingerprint density at radius 2 is 2.00 bits per heavy atom. The SMILES string of the molecule is CN(C)c1nc(Nc2cc(N[C@@H]3CCCC[C@H]3O)nn3c(C#N)cnc23)ccc1C(=O)OC(C)(C)C. The Morgan fingerprint density at radius 3 is 2.67 bits per heavy atom. The molecule has 1 aliphatic rings. The number of anilines is 4. The largest absolute Gasteiger partial charge is 0.456 e. The van der Waals surface area contributed by atoms with Gasteiger partial charge in [0.2, 0.25) is 0 Å². The molecule has 0 aliphatic heterocycles. The zero-order chi connectivity index (χ0) is 26.0. The van der Waals surface area contributed by atoms with Crippen molar-refractivity contribution in [3.63, 3.8) is 0 Å². The van der Waals surface area contributed by atoms with E-state index in [0.717, 1.165) is 25.7 Å². The predicted octanol–water partition coefficient (Wildman–Crippen LogP) is 3.48. The molecule has 1 fully saturated rings. The number of nitriles is 1. The summed E-state index contributed by atoms with van der Waals surface area (Å²) in [5.74, 6) is 0.970. The number of aliphatic hydroxyl groups excluding tert-OH is 1. The molecule has 11 nitrogen and oxygen atoms in total. The van der Waals surface area contributed by atoms with Crippen molar-refractivity contribution in [1.29, 1.82) is 5.26 Å². The summed E-state index contributed by atoms with van der Waals surface area (Å²) in [6.07, 6.45) is 4.59. The van der Waals surface area contributed by atoms with Crippen LogP contribution in [-0.2, 0) is 4.74 Å². The van der Waals surface area contributed by atoms with Crippen molar-refractivity contribution in [2.75, 3.05) is 29.6 Å². The number of carbonyl (C=O) groups excluding carboxylic acids is 1. The molecule has 3 N–H and O–H groups in total. The topological polar surface area (TPSA) is 141 Å². The van der Waals surface area contributed by atoms with Crippen LogP contribution in [0.4, 0.5) is 23.1 Å². The molecule has 1 aliphatic carbocycles. The van der Waals surface area contributed by atoms with E-state index in [4.69, 9.17) is 4.74 Å². The summed E-state index contributed by atoms with van der Waals surface area (Å²) >= 11 is 0. The number of nitrogens with zero attached hydrogens (tertiary/aromatic N) is 6. The number of aliphatic hydroxyl groups is 1. The summed E-state index contributed by atoms with van der Waals surface area (Å²) in [5, 5.41) is 31.0. The van der Waals surface area contributed by atoms with Gasteiger partial charge in [-0.2, -0.15) is 9.78 Å². The van der Waals surface area contributed by atoms with Gasteiger partial charge in [-0.3, -0.25) is 0 Å². The second-order valence-electron chi connectivity index (χ2n) is 10.1. The highest BCUT2D eigenvalue weighted by Crippen LogP contribution is 2.28. The van der Waals surface area contributed by atoms with E-state index in [0.29, 0.717) is 34.4 Å². The third-order valence-electron chi connectivity index (χ3n) is 5.83. The average Bonchev–Trinajstić information content (AvgIpc) is 3.22. The van der Waals surface area contributed by atoms with Crippen molar-refractivity contribution in [2.45, 2.75) is 64.2 Å². The van der Waals surface area contributed by atoms with Gasteiger partial charge < -0.3 is 25.4 Å². The van der Waals surface area contributed by atoms with Crippen molar-refractivity contribution in [1.82, 2.24) is 19.6 Å². The maximum atomic E-state index is 12.7. The van der Waals surface area contributed by atoms with E-state index in [1.165, 1.54) is 10.7 Å². The van der Waals surface area contributed by atoms with Crippen LogP contribution in [-0.4, -0.2) is 62.5 Å². The lowest BCUT2D eigenvalue weighted by Gasteiger charge is -2.28. The first-order valence-electron chi connectivity index (χ1n) is 12.0. The molecule has 0 radical (unpaired) electrons. The highest BCUT2D eigenvalue weighted by Gasteiger charge is 2.25. The Balaban J connectivity index is 1.69. The van der Waals surface area contributed by atoms with E-state index in [1.54, 1.807) is 37.2 Å². The van der Waals surface area contributed by atoms with E-state index in [9.17, 15) is 15.2 Å². The molecule has 190 valence electrons. The van der Waals surface area contributed by atoms with Crippen molar-refractivity contribution < 1.29 is 14.6 Å². The van der Waals surface area contributed by atoms with Crippen LogP contribution in [0.5, 0.6) is 0 Å². The number of fused-ring (bicyclic) bond motifs is 1. The van der Waals surface area contributed by atoms with E-state index in [2.05, 4.69) is 31.8 Å². The van der Waals surface area contributed by atoms with E-state index in [1.807, 2.05) is 20.8 Å². The molecule has 4 rings (SSSR count). The normalized spacial score (nSPS) is 17.9. The molecule has 1 saturated carbocycles. The van der Waals surface area contributed by atoms with Gasteiger partial charge in [0.05, 0.1) is 24.0 Å². The minimum absolute atomic E-state index is 0.128. The van der Waals surface area contributed by atoms with Gasteiger partial charge in [-0.15, -0.1) is 5.10 Å². The third-order valence-corrected chi connectivity index (χ3v) is 5.83. The van der Waals surface area contributed by atoms with Gasteiger partial charge in [0.15, 0.2) is 11.3 Å². The van der Waals surface area contributed by atoms with E-state index < -0.39 is 17.7 Å². The van der Waals surface area contributed by atoms with Crippen LogP contribution < -0.4 is 15.5 Å². The van der Waals surface area contributed by atoms with E-state index >= 15 is 0 Å². The summed E-state index contributed by atoms with van der Waals surface area (Å²) in [7, 11) is 3.60. The summed E-state index contributed by atoms with van der Waals surface area (Å²) in [6, 6.07) is 7.11. The Hall–Kier alpha value is -3.91. The fourth-order valence-electron chi connectivity index (χ4n) is 4.17. The van der Waals surface area contributed by atoms with Crippen LogP contribution in [0, 0.1) is 11.3 Å². The zero-order valence-corrected chi connectivity index (χ0v) is 21.2. The van der Waals surface area contributed by atoms with Crippen LogP contribution >= 0.6 is 0 Å². The minimum atomic E-state index is -0.630. The summed E-state index contributed by atoms with van der Waals surface area (Å²) < 4.78 is 7.00. The van der Waals surface area contributed by atoms with Gasteiger partial charge in [-0.05, 0) is 45.7 Å². The number of hydrogen-bond donors (Lipinski definition) is 3. The maximum absolute atomic E-state index is 12.7. The lowest BCUT2D eigenvalue weighted by Crippen LogP contribution is -2.36. The van der Waals surface area contributed by atoms with Crippen molar-refractivity contribution in [3.05, 3.63) is 35.7 Å². The molecule has 0 aromatic carbocycles. The third kappa shape index (κ3) is 5.49. The molecule has 36 heavy (non-hydrogen) atoms. The van der Waals surface area contributed by atoms with Gasteiger partial charge in [-0.25, -0.2) is 14.8 Å². The highest BCUT2D eigenvalue weighted by atomic mass is 16.6. The first-order valence-corrected chi connectivity index (χ1v) is 12.0. The first kappa shape index (κ1) is 25.2.